The SMILES string of the molecule is CCC1[C@@H](O)C2C3CCC([C@H](C)CCCO)[C@@]3(C)CCC2[C@@]2(C)CC[C@@H](O)C[C@@H]12. The molecule has 4 fully saturated rings. The molecule has 0 amide bonds. The van der Waals surface area contributed by atoms with Crippen molar-refractivity contribution in [3.63, 3.8) is 0 Å². The number of rotatable bonds is 5. The lowest BCUT2D eigenvalue weighted by atomic mass is 9.41. The van der Waals surface area contributed by atoms with Gasteiger partial charge in [0.25, 0.3) is 0 Å². The van der Waals surface area contributed by atoms with Gasteiger partial charge in [-0.05, 0) is 110 Å². The van der Waals surface area contributed by atoms with Crippen molar-refractivity contribution in [3.05, 3.63) is 0 Å². The largest absolute Gasteiger partial charge is 0.396 e. The molecule has 0 aliphatic heterocycles. The van der Waals surface area contributed by atoms with Crippen LogP contribution < -0.4 is 0 Å². The molecule has 168 valence electrons. The first-order valence-electron chi connectivity index (χ1n) is 12.7. The fourth-order valence-electron chi connectivity index (χ4n) is 9.55. The van der Waals surface area contributed by atoms with Gasteiger partial charge in [-0.3, -0.25) is 0 Å². The third kappa shape index (κ3) is 3.33. The number of aliphatic hydroxyl groups is 3. The van der Waals surface area contributed by atoms with Gasteiger partial charge in [0, 0.05) is 6.61 Å². The van der Waals surface area contributed by atoms with Gasteiger partial charge in [-0.1, -0.05) is 34.1 Å². The van der Waals surface area contributed by atoms with Gasteiger partial charge in [0.2, 0.25) is 0 Å². The molecule has 29 heavy (non-hydrogen) atoms. The molecule has 4 aliphatic carbocycles. The predicted octanol–water partition coefficient (Wildman–Crippen LogP) is 5.02. The highest BCUT2D eigenvalue weighted by Crippen LogP contribution is 2.69. The molecule has 4 saturated carbocycles. The Morgan fingerprint density at radius 1 is 0.931 bits per heavy atom. The zero-order valence-electron chi connectivity index (χ0n) is 19.3. The lowest BCUT2D eigenvalue weighted by molar-refractivity contribution is -0.203. The van der Waals surface area contributed by atoms with E-state index in [2.05, 4.69) is 27.7 Å². The van der Waals surface area contributed by atoms with Crippen LogP contribution in [0.25, 0.3) is 0 Å². The van der Waals surface area contributed by atoms with E-state index in [1.165, 1.54) is 25.7 Å². The van der Waals surface area contributed by atoms with Crippen molar-refractivity contribution in [3.8, 4) is 0 Å². The molecule has 0 saturated heterocycles. The van der Waals surface area contributed by atoms with Gasteiger partial charge in [0.15, 0.2) is 0 Å². The maximum absolute atomic E-state index is 11.7. The Bertz CT molecular complexity index is 578. The van der Waals surface area contributed by atoms with Crippen LogP contribution in [0.2, 0.25) is 0 Å². The van der Waals surface area contributed by atoms with Crippen molar-refractivity contribution < 1.29 is 15.3 Å². The number of aliphatic hydroxyl groups excluding tert-OH is 3. The van der Waals surface area contributed by atoms with Crippen molar-refractivity contribution >= 4 is 0 Å². The van der Waals surface area contributed by atoms with Gasteiger partial charge in [0.1, 0.15) is 0 Å². The Hall–Kier alpha value is -0.120. The second-order valence-corrected chi connectivity index (χ2v) is 12.0. The van der Waals surface area contributed by atoms with Gasteiger partial charge in [-0.2, -0.15) is 0 Å². The molecule has 3 N–H and O–H groups in total. The summed E-state index contributed by atoms with van der Waals surface area (Å²) >= 11 is 0. The number of hydrogen-bond acceptors (Lipinski definition) is 3. The zero-order chi connectivity index (χ0) is 21.0. The second-order valence-electron chi connectivity index (χ2n) is 12.0. The Labute approximate surface area is 178 Å². The van der Waals surface area contributed by atoms with E-state index >= 15 is 0 Å². The van der Waals surface area contributed by atoms with E-state index in [1.54, 1.807) is 0 Å². The first-order valence-corrected chi connectivity index (χ1v) is 12.7. The molecule has 0 heterocycles. The van der Waals surface area contributed by atoms with Crippen LogP contribution in [0.3, 0.4) is 0 Å². The third-order valence-electron chi connectivity index (χ3n) is 11.0. The summed E-state index contributed by atoms with van der Waals surface area (Å²) in [5.41, 5.74) is 0.651. The molecule has 4 rings (SSSR count). The molecule has 3 nitrogen and oxygen atoms in total. The van der Waals surface area contributed by atoms with Crippen LogP contribution in [0.1, 0.15) is 91.9 Å². The lowest BCUT2D eigenvalue weighted by Crippen LogP contribution is -2.62. The van der Waals surface area contributed by atoms with Gasteiger partial charge in [-0.15, -0.1) is 0 Å². The molecule has 3 heteroatoms. The van der Waals surface area contributed by atoms with Gasteiger partial charge >= 0.3 is 0 Å². The van der Waals surface area contributed by atoms with Crippen LogP contribution in [-0.4, -0.2) is 34.1 Å². The molecule has 0 aromatic rings. The average molecular weight is 407 g/mol. The van der Waals surface area contributed by atoms with E-state index in [0.29, 0.717) is 52.9 Å². The number of hydrogen-bond donors (Lipinski definition) is 3. The van der Waals surface area contributed by atoms with Gasteiger partial charge < -0.3 is 15.3 Å². The molecule has 0 aromatic carbocycles. The van der Waals surface area contributed by atoms with Crippen LogP contribution in [0.4, 0.5) is 0 Å². The van der Waals surface area contributed by atoms with Gasteiger partial charge in [-0.25, -0.2) is 0 Å². The minimum atomic E-state index is -0.190. The van der Waals surface area contributed by atoms with Crippen molar-refractivity contribution in [2.75, 3.05) is 6.61 Å². The highest BCUT2D eigenvalue weighted by Gasteiger charge is 2.64. The molecule has 11 atom stereocenters. The summed E-state index contributed by atoms with van der Waals surface area (Å²) in [6.07, 6.45) is 10.9. The van der Waals surface area contributed by atoms with Crippen molar-refractivity contribution in [2.45, 2.75) is 104 Å². The maximum atomic E-state index is 11.7. The predicted molar refractivity (Wildman–Crippen MR) is 117 cm³/mol. The molecule has 4 aliphatic rings. The summed E-state index contributed by atoms with van der Waals surface area (Å²) in [5, 5.41) is 31.4. The van der Waals surface area contributed by atoms with E-state index in [0.717, 1.165) is 44.4 Å². The molecule has 0 bridgehead atoms. The summed E-state index contributed by atoms with van der Waals surface area (Å²) in [6.45, 7) is 10.0. The van der Waals surface area contributed by atoms with Crippen molar-refractivity contribution in [2.24, 2.45) is 52.3 Å². The van der Waals surface area contributed by atoms with Crippen LogP contribution >= 0.6 is 0 Å². The smallest absolute Gasteiger partial charge is 0.0605 e. The Balaban J connectivity index is 1.63. The van der Waals surface area contributed by atoms with Crippen molar-refractivity contribution in [1.29, 1.82) is 0 Å². The van der Waals surface area contributed by atoms with E-state index in [9.17, 15) is 15.3 Å². The Kier molecular flexibility index (Phi) is 6.17. The average Bonchev–Trinajstić information content (AvgIpc) is 3.05. The normalized spacial score (nSPS) is 53.1. The summed E-state index contributed by atoms with van der Waals surface area (Å²) in [5.74, 6) is 3.97. The fraction of sp³-hybridized carbons (Fsp3) is 1.00. The van der Waals surface area contributed by atoms with Crippen LogP contribution in [0.5, 0.6) is 0 Å². The molecule has 0 aromatic heterocycles. The quantitative estimate of drug-likeness (QED) is 0.601. The van der Waals surface area contributed by atoms with E-state index < -0.39 is 0 Å². The maximum Gasteiger partial charge on any atom is 0.0605 e. The van der Waals surface area contributed by atoms with E-state index in [4.69, 9.17) is 0 Å². The molecule has 5 unspecified atom stereocenters. The van der Waals surface area contributed by atoms with Crippen LogP contribution in [-0.2, 0) is 0 Å². The highest BCUT2D eigenvalue weighted by atomic mass is 16.3. The lowest BCUT2D eigenvalue weighted by Gasteiger charge is -2.64. The Morgan fingerprint density at radius 2 is 1.62 bits per heavy atom. The monoisotopic (exact) mass is 406 g/mol. The first kappa shape index (κ1) is 22.1. The molecular formula is C26H46O3. The number of fused-ring (bicyclic) bond motifs is 5. The summed E-state index contributed by atoms with van der Waals surface area (Å²) in [7, 11) is 0. The van der Waals surface area contributed by atoms with E-state index in [1.807, 2.05) is 0 Å². The summed E-state index contributed by atoms with van der Waals surface area (Å²) in [6, 6.07) is 0. The van der Waals surface area contributed by atoms with E-state index in [-0.39, 0.29) is 12.2 Å². The fourth-order valence-corrected chi connectivity index (χ4v) is 9.55. The second kappa shape index (κ2) is 8.10. The van der Waals surface area contributed by atoms with Crippen LogP contribution in [0.15, 0.2) is 0 Å². The highest BCUT2D eigenvalue weighted by molar-refractivity contribution is 5.13. The van der Waals surface area contributed by atoms with Crippen molar-refractivity contribution in [1.82, 2.24) is 0 Å². The van der Waals surface area contributed by atoms with Gasteiger partial charge in [0.05, 0.1) is 12.2 Å². The topological polar surface area (TPSA) is 60.7 Å². The Morgan fingerprint density at radius 3 is 2.31 bits per heavy atom. The minimum Gasteiger partial charge on any atom is -0.396 e. The summed E-state index contributed by atoms with van der Waals surface area (Å²) < 4.78 is 0. The first-order chi connectivity index (χ1) is 13.8. The standard InChI is InChI=1S/C26H46O3/c1-5-18-22-15-17(28)10-12-26(22,4)21-11-13-25(3)19(16(2)7-6-14-27)8-9-20(25)23(21)24(18)29/h16-24,27-29H,5-15H2,1-4H3/t16-,17-,18?,19?,20?,21?,22+,23?,24-,25-,26-/m1/s1. The third-order valence-corrected chi connectivity index (χ3v) is 11.0. The molecule has 0 radical (unpaired) electrons. The summed E-state index contributed by atoms with van der Waals surface area (Å²) in [4.78, 5) is 0. The van der Waals surface area contributed by atoms with Crippen LogP contribution in [0, 0.1) is 52.3 Å². The zero-order valence-corrected chi connectivity index (χ0v) is 19.3. The molecular weight excluding hydrogens is 360 g/mol. The minimum absolute atomic E-state index is 0.164. The molecule has 0 spiro atoms.